The lowest BCUT2D eigenvalue weighted by Crippen LogP contribution is -2.26. The highest BCUT2D eigenvalue weighted by atomic mass is 16.5. The van der Waals surface area contributed by atoms with Gasteiger partial charge in [-0.15, -0.1) is 0 Å². The molecule has 0 spiro atoms. The number of carboxylic acid groups (broad SMARTS) is 1. The van der Waals surface area contributed by atoms with E-state index in [2.05, 4.69) is 17.4 Å². The van der Waals surface area contributed by atoms with E-state index in [9.17, 15) is 4.79 Å². The van der Waals surface area contributed by atoms with Gasteiger partial charge in [0.15, 0.2) is 0 Å². The molecule has 4 heteroatoms. The predicted octanol–water partition coefficient (Wildman–Crippen LogP) is 3.21. The van der Waals surface area contributed by atoms with Crippen molar-refractivity contribution in [2.45, 2.75) is 24.8 Å². The number of carboxylic acids is 1. The predicted molar refractivity (Wildman–Crippen MR) is 89.0 cm³/mol. The topological polar surface area (TPSA) is 58.6 Å². The van der Waals surface area contributed by atoms with Crippen molar-refractivity contribution in [3.05, 3.63) is 65.2 Å². The summed E-state index contributed by atoms with van der Waals surface area (Å²) in [5.41, 5.74) is 2.96. The zero-order valence-electron chi connectivity index (χ0n) is 13.2. The van der Waals surface area contributed by atoms with Gasteiger partial charge in [0.2, 0.25) is 0 Å². The van der Waals surface area contributed by atoms with Crippen molar-refractivity contribution in [2.24, 2.45) is 0 Å². The highest BCUT2D eigenvalue weighted by molar-refractivity contribution is 5.87. The van der Waals surface area contributed by atoms with Gasteiger partial charge in [0.05, 0.1) is 12.7 Å². The molecule has 4 nitrogen and oxygen atoms in total. The molecule has 2 N–H and O–H groups in total. The lowest BCUT2D eigenvalue weighted by molar-refractivity contribution is 0.0697. The van der Waals surface area contributed by atoms with Crippen LogP contribution < -0.4 is 10.1 Å². The van der Waals surface area contributed by atoms with Gasteiger partial charge < -0.3 is 15.2 Å². The van der Waals surface area contributed by atoms with Gasteiger partial charge in [0, 0.05) is 18.5 Å². The van der Waals surface area contributed by atoms with Crippen LogP contribution in [0.2, 0.25) is 0 Å². The van der Waals surface area contributed by atoms with Crippen LogP contribution >= 0.6 is 0 Å². The normalized spacial score (nSPS) is 15.2. The summed E-state index contributed by atoms with van der Waals surface area (Å²) in [4.78, 5) is 10.8. The molecule has 0 radical (unpaired) electrons. The molecule has 0 unspecified atom stereocenters. The summed E-state index contributed by atoms with van der Waals surface area (Å²) in [5.74, 6) is 0.0116. The summed E-state index contributed by atoms with van der Waals surface area (Å²) in [6.07, 6.45) is 2.37. The van der Waals surface area contributed by atoms with Crippen molar-refractivity contribution in [2.75, 3.05) is 13.7 Å². The van der Waals surface area contributed by atoms with E-state index < -0.39 is 5.97 Å². The Bertz CT molecular complexity index is 690. The van der Waals surface area contributed by atoms with Gasteiger partial charge >= 0.3 is 5.97 Å². The van der Waals surface area contributed by atoms with Crippen molar-refractivity contribution >= 4 is 5.97 Å². The fourth-order valence-corrected chi connectivity index (χ4v) is 2.88. The Balaban J connectivity index is 1.58. The van der Waals surface area contributed by atoms with Crippen LogP contribution in [-0.2, 0) is 12.0 Å². The Hall–Kier alpha value is -2.33. The Morgan fingerprint density at radius 2 is 1.96 bits per heavy atom. The highest BCUT2D eigenvalue weighted by Gasteiger charge is 2.43. The molecule has 2 aromatic carbocycles. The number of hydrogen-bond acceptors (Lipinski definition) is 3. The second-order valence-electron chi connectivity index (χ2n) is 6.12. The monoisotopic (exact) mass is 311 g/mol. The molecular formula is C19H21NO3. The fraction of sp³-hybridized carbons (Fsp3) is 0.316. The molecule has 0 heterocycles. The van der Waals surface area contributed by atoms with Crippen molar-refractivity contribution < 1.29 is 14.6 Å². The molecule has 1 aliphatic carbocycles. The zero-order chi connectivity index (χ0) is 16.3. The van der Waals surface area contributed by atoms with Crippen LogP contribution in [0.15, 0.2) is 48.5 Å². The molecule has 0 bridgehead atoms. The number of methoxy groups -OCH3 is 1. The van der Waals surface area contributed by atoms with E-state index in [0.29, 0.717) is 5.56 Å². The van der Waals surface area contributed by atoms with Crippen molar-refractivity contribution in [3.63, 3.8) is 0 Å². The molecule has 3 rings (SSSR count). The molecule has 23 heavy (non-hydrogen) atoms. The van der Waals surface area contributed by atoms with Crippen LogP contribution in [0.4, 0.5) is 0 Å². The van der Waals surface area contributed by atoms with Gasteiger partial charge in [-0.1, -0.05) is 24.3 Å². The first kappa shape index (κ1) is 15.6. The van der Waals surface area contributed by atoms with Crippen LogP contribution in [0.5, 0.6) is 5.75 Å². The SMILES string of the molecule is COc1cccc(C2(CNCc3ccc(C(=O)O)cc3)CC2)c1. The fourth-order valence-electron chi connectivity index (χ4n) is 2.88. The number of rotatable bonds is 7. The third-order valence-electron chi connectivity index (χ3n) is 4.53. The Kier molecular flexibility index (Phi) is 4.35. The van der Waals surface area contributed by atoms with Crippen LogP contribution in [0, 0.1) is 0 Å². The summed E-state index contributed by atoms with van der Waals surface area (Å²) < 4.78 is 5.31. The first-order valence-electron chi connectivity index (χ1n) is 7.80. The maximum atomic E-state index is 10.8. The van der Waals surface area contributed by atoms with E-state index in [4.69, 9.17) is 9.84 Å². The quantitative estimate of drug-likeness (QED) is 0.824. The highest BCUT2D eigenvalue weighted by Crippen LogP contribution is 2.48. The van der Waals surface area contributed by atoms with E-state index in [1.54, 1.807) is 19.2 Å². The summed E-state index contributed by atoms with van der Waals surface area (Å²) in [7, 11) is 1.69. The van der Waals surface area contributed by atoms with E-state index in [0.717, 1.165) is 24.4 Å². The molecule has 1 saturated carbocycles. The smallest absolute Gasteiger partial charge is 0.335 e. The molecule has 120 valence electrons. The first-order valence-corrected chi connectivity index (χ1v) is 7.80. The molecule has 0 aromatic heterocycles. The third kappa shape index (κ3) is 3.54. The number of carbonyl (C=O) groups is 1. The van der Waals surface area contributed by atoms with Crippen LogP contribution in [-0.4, -0.2) is 24.7 Å². The molecule has 1 aliphatic rings. The third-order valence-corrected chi connectivity index (χ3v) is 4.53. The minimum atomic E-state index is -0.889. The van der Waals surface area contributed by atoms with Gasteiger partial charge in [-0.2, -0.15) is 0 Å². The van der Waals surface area contributed by atoms with Crippen LogP contribution in [0.1, 0.15) is 34.3 Å². The minimum absolute atomic E-state index is 0.218. The number of ether oxygens (including phenoxy) is 1. The molecule has 0 aliphatic heterocycles. The van der Waals surface area contributed by atoms with E-state index in [-0.39, 0.29) is 5.41 Å². The van der Waals surface area contributed by atoms with Crippen molar-refractivity contribution in [3.8, 4) is 5.75 Å². The summed E-state index contributed by atoms with van der Waals surface area (Å²) in [6, 6.07) is 15.3. The van der Waals surface area contributed by atoms with Crippen molar-refractivity contribution in [1.82, 2.24) is 5.32 Å². The molecule has 0 amide bonds. The number of benzene rings is 2. The Morgan fingerprint density at radius 1 is 1.22 bits per heavy atom. The standard InChI is InChI=1S/C19H21NO3/c1-23-17-4-2-3-16(11-17)19(9-10-19)13-20-12-14-5-7-15(8-6-14)18(21)22/h2-8,11,20H,9-10,12-13H2,1H3,(H,21,22). The summed E-state index contributed by atoms with van der Waals surface area (Å²) >= 11 is 0. The minimum Gasteiger partial charge on any atom is -0.497 e. The van der Waals surface area contributed by atoms with Gasteiger partial charge in [-0.25, -0.2) is 4.79 Å². The molecule has 0 saturated heterocycles. The summed E-state index contributed by atoms with van der Waals surface area (Å²) in [5, 5.41) is 12.4. The number of nitrogens with one attached hydrogen (secondary N) is 1. The Labute approximate surface area is 136 Å². The van der Waals surface area contributed by atoms with E-state index >= 15 is 0 Å². The molecular weight excluding hydrogens is 290 g/mol. The molecule has 0 atom stereocenters. The average Bonchev–Trinajstić information content (AvgIpc) is 3.36. The van der Waals surface area contributed by atoms with Crippen LogP contribution in [0.3, 0.4) is 0 Å². The van der Waals surface area contributed by atoms with Crippen molar-refractivity contribution in [1.29, 1.82) is 0 Å². The van der Waals surface area contributed by atoms with Gasteiger partial charge in [0.1, 0.15) is 5.75 Å². The largest absolute Gasteiger partial charge is 0.497 e. The lowest BCUT2D eigenvalue weighted by atomic mass is 9.95. The van der Waals surface area contributed by atoms with Gasteiger partial charge in [0.25, 0.3) is 0 Å². The van der Waals surface area contributed by atoms with Crippen LogP contribution in [0.25, 0.3) is 0 Å². The van der Waals surface area contributed by atoms with Gasteiger partial charge in [-0.3, -0.25) is 0 Å². The Morgan fingerprint density at radius 3 is 2.57 bits per heavy atom. The number of aromatic carboxylic acids is 1. The second kappa shape index (κ2) is 6.42. The first-order chi connectivity index (χ1) is 11.1. The molecule has 1 fully saturated rings. The zero-order valence-corrected chi connectivity index (χ0v) is 13.2. The average molecular weight is 311 g/mol. The maximum Gasteiger partial charge on any atom is 0.335 e. The molecule has 2 aromatic rings. The summed E-state index contributed by atoms with van der Waals surface area (Å²) in [6.45, 7) is 1.66. The number of hydrogen-bond donors (Lipinski definition) is 2. The van der Waals surface area contributed by atoms with E-state index in [1.165, 1.54) is 18.4 Å². The lowest BCUT2D eigenvalue weighted by Gasteiger charge is -2.17. The maximum absolute atomic E-state index is 10.8. The van der Waals surface area contributed by atoms with Gasteiger partial charge in [-0.05, 0) is 48.2 Å². The second-order valence-corrected chi connectivity index (χ2v) is 6.12. The van der Waals surface area contributed by atoms with E-state index in [1.807, 2.05) is 24.3 Å².